The number of hydrogen-bond acceptors (Lipinski definition) is 1. The molecule has 0 heterocycles. The van der Waals surface area contributed by atoms with E-state index < -0.39 is 0 Å². The molecule has 0 fully saturated rings. The highest BCUT2D eigenvalue weighted by Crippen LogP contribution is 1.88. The zero-order valence-electron chi connectivity index (χ0n) is 5.81. The molecule has 0 aromatic rings. The molecule has 1 heteroatoms. The van der Waals surface area contributed by atoms with Crippen molar-refractivity contribution in [1.29, 1.82) is 0 Å². The summed E-state index contributed by atoms with van der Waals surface area (Å²) < 4.78 is 0. The van der Waals surface area contributed by atoms with E-state index >= 15 is 0 Å². The first-order chi connectivity index (χ1) is 3.63. The predicted octanol–water partition coefficient (Wildman–Crippen LogP) is 1.64. The smallest absolute Gasteiger partial charge is 0.00556 e. The lowest BCUT2D eigenvalue weighted by molar-refractivity contribution is 0.563. The molecule has 0 amide bonds. The maximum Gasteiger partial charge on any atom is 0.00556 e. The van der Waals surface area contributed by atoms with Gasteiger partial charge in [-0.3, -0.25) is 0 Å². The van der Waals surface area contributed by atoms with Gasteiger partial charge in [0.1, 0.15) is 0 Å². The molecule has 0 rings (SSSR count). The van der Waals surface area contributed by atoms with Gasteiger partial charge in [0.2, 0.25) is 0 Å². The molecule has 46 valence electrons. The van der Waals surface area contributed by atoms with Crippen molar-refractivity contribution in [3.8, 4) is 0 Å². The van der Waals surface area contributed by atoms with Crippen LogP contribution < -0.4 is 0 Å². The third-order valence-corrected chi connectivity index (χ3v) is 0.657. The summed E-state index contributed by atoms with van der Waals surface area (Å²) in [5, 5.41) is 0. The van der Waals surface area contributed by atoms with Crippen LogP contribution in [0.25, 0.3) is 0 Å². The van der Waals surface area contributed by atoms with E-state index in [1.807, 2.05) is 38.2 Å². The van der Waals surface area contributed by atoms with E-state index in [4.69, 9.17) is 0 Å². The summed E-state index contributed by atoms with van der Waals surface area (Å²) in [5.41, 5.74) is 1.08. The van der Waals surface area contributed by atoms with E-state index in [1.54, 1.807) is 0 Å². The van der Waals surface area contributed by atoms with Crippen molar-refractivity contribution >= 4 is 0 Å². The molecule has 8 heavy (non-hydrogen) atoms. The first-order valence-corrected chi connectivity index (χ1v) is 2.63. The second kappa shape index (κ2) is 3.30. The fraction of sp³-hybridized carbons (Fsp3) is 0.429. The molecule has 0 unspecified atom stereocenters. The molecule has 1 nitrogen and oxygen atoms in total. The average Bonchev–Trinajstić information content (AvgIpc) is 1.61. The topological polar surface area (TPSA) is 3.24 Å². The predicted molar refractivity (Wildman–Crippen MR) is 37.6 cm³/mol. The third-order valence-electron chi connectivity index (χ3n) is 0.657. The maximum atomic E-state index is 3.71. The van der Waals surface area contributed by atoms with Crippen molar-refractivity contribution in [3.05, 3.63) is 24.4 Å². The molecule has 0 aromatic carbocycles. The second-order valence-corrected chi connectivity index (χ2v) is 2.13. The van der Waals surface area contributed by atoms with Crippen LogP contribution in [0.1, 0.15) is 6.92 Å². The molecule has 0 radical (unpaired) electrons. The summed E-state index contributed by atoms with van der Waals surface area (Å²) in [5.74, 6) is 0. The highest BCUT2D eigenvalue weighted by molar-refractivity contribution is 5.09. The Morgan fingerprint density at radius 3 is 2.12 bits per heavy atom. The lowest BCUT2D eigenvalue weighted by atomic mass is 10.3. The van der Waals surface area contributed by atoms with Gasteiger partial charge in [-0.15, -0.1) is 0 Å². The van der Waals surface area contributed by atoms with E-state index in [9.17, 15) is 0 Å². The van der Waals surface area contributed by atoms with Gasteiger partial charge in [0.25, 0.3) is 0 Å². The van der Waals surface area contributed by atoms with Gasteiger partial charge >= 0.3 is 0 Å². The molecule has 0 aliphatic rings. The van der Waals surface area contributed by atoms with Crippen molar-refractivity contribution in [2.45, 2.75) is 6.92 Å². The standard InChI is InChI=1S/C7H13N/c1-7(2)5-6-8(3)4/h5-6H,1H2,2-4H3/b6-5-. The van der Waals surface area contributed by atoms with Crippen LogP contribution in [-0.4, -0.2) is 19.0 Å². The summed E-state index contributed by atoms with van der Waals surface area (Å²) >= 11 is 0. The van der Waals surface area contributed by atoms with Gasteiger partial charge in [-0.25, -0.2) is 0 Å². The van der Waals surface area contributed by atoms with Gasteiger partial charge in [0.15, 0.2) is 0 Å². The first kappa shape index (κ1) is 7.28. The van der Waals surface area contributed by atoms with Gasteiger partial charge in [-0.1, -0.05) is 12.2 Å². The highest BCUT2D eigenvalue weighted by atomic mass is 15.0. The number of nitrogens with zero attached hydrogens (tertiary/aromatic N) is 1. The van der Waals surface area contributed by atoms with E-state index in [-0.39, 0.29) is 0 Å². The fourth-order valence-electron chi connectivity index (χ4n) is 0.276. The van der Waals surface area contributed by atoms with Crippen molar-refractivity contribution in [2.24, 2.45) is 0 Å². The van der Waals surface area contributed by atoms with E-state index in [1.165, 1.54) is 0 Å². The van der Waals surface area contributed by atoms with Gasteiger partial charge in [-0.2, -0.15) is 0 Å². The lowest BCUT2D eigenvalue weighted by Crippen LogP contribution is -1.99. The molecule has 0 N–H and O–H groups in total. The molecule has 0 atom stereocenters. The molecule has 0 saturated heterocycles. The van der Waals surface area contributed by atoms with Crippen LogP contribution in [0.15, 0.2) is 24.4 Å². The summed E-state index contributed by atoms with van der Waals surface area (Å²) in [6.07, 6.45) is 3.95. The number of hydrogen-bond donors (Lipinski definition) is 0. The molecular formula is C7H13N. The summed E-state index contributed by atoms with van der Waals surface area (Å²) in [4.78, 5) is 1.98. The normalized spacial score (nSPS) is 9.88. The molecule has 0 aliphatic carbocycles. The van der Waals surface area contributed by atoms with E-state index in [2.05, 4.69) is 6.58 Å². The van der Waals surface area contributed by atoms with E-state index in [0.29, 0.717) is 0 Å². The Hall–Kier alpha value is -0.720. The van der Waals surface area contributed by atoms with Crippen LogP contribution in [0.3, 0.4) is 0 Å². The SMILES string of the molecule is C=C(C)/C=C\N(C)C. The van der Waals surface area contributed by atoms with Gasteiger partial charge in [0, 0.05) is 14.1 Å². The van der Waals surface area contributed by atoms with Crippen LogP contribution in [0, 0.1) is 0 Å². The van der Waals surface area contributed by atoms with Crippen LogP contribution in [-0.2, 0) is 0 Å². The van der Waals surface area contributed by atoms with Crippen LogP contribution in [0.2, 0.25) is 0 Å². The Morgan fingerprint density at radius 1 is 1.50 bits per heavy atom. The Kier molecular flexibility index (Phi) is 3.01. The van der Waals surface area contributed by atoms with Gasteiger partial charge < -0.3 is 4.90 Å². The molecule has 0 saturated carbocycles. The van der Waals surface area contributed by atoms with Crippen LogP contribution in [0.4, 0.5) is 0 Å². The third kappa shape index (κ3) is 5.28. The molecule has 0 aromatic heterocycles. The zero-order valence-corrected chi connectivity index (χ0v) is 5.81. The second-order valence-electron chi connectivity index (χ2n) is 2.13. The highest BCUT2D eigenvalue weighted by Gasteiger charge is 1.74. The Labute approximate surface area is 51.3 Å². The minimum Gasteiger partial charge on any atom is -0.383 e. The van der Waals surface area contributed by atoms with E-state index in [0.717, 1.165) is 5.57 Å². The number of allylic oxidation sites excluding steroid dienone is 2. The maximum absolute atomic E-state index is 3.71. The largest absolute Gasteiger partial charge is 0.383 e. The summed E-state index contributed by atoms with van der Waals surface area (Å²) in [7, 11) is 3.97. The molecular weight excluding hydrogens is 98.1 g/mol. The molecule has 0 bridgehead atoms. The monoisotopic (exact) mass is 111 g/mol. The van der Waals surface area contributed by atoms with Gasteiger partial charge in [0.05, 0.1) is 0 Å². The van der Waals surface area contributed by atoms with Crippen molar-refractivity contribution < 1.29 is 0 Å². The van der Waals surface area contributed by atoms with Crippen LogP contribution >= 0.6 is 0 Å². The fourth-order valence-corrected chi connectivity index (χ4v) is 0.276. The minimum absolute atomic E-state index is 1.08. The average molecular weight is 111 g/mol. The van der Waals surface area contributed by atoms with Crippen molar-refractivity contribution in [3.63, 3.8) is 0 Å². The molecule has 0 spiro atoms. The molecule has 0 aliphatic heterocycles. The van der Waals surface area contributed by atoms with Gasteiger partial charge in [-0.05, 0) is 19.2 Å². The van der Waals surface area contributed by atoms with Crippen molar-refractivity contribution in [1.82, 2.24) is 4.90 Å². The Bertz CT molecular complexity index is 101. The number of rotatable bonds is 2. The lowest BCUT2D eigenvalue weighted by Gasteiger charge is -2.01. The Balaban J connectivity index is 3.50. The first-order valence-electron chi connectivity index (χ1n) is 2.63. The quantitative estimate of drug-likeness (QED) is 0.490. The van der Waals surface area contributed by atoms with Crippen LogP contribution in [0.5, 0.6) is 0 Å². The summed E-state index contributed by atoms with van der Waals surface area (Å²) in [6, 6.07) is 0. The minimum atomic E-state index is 1.08. The van der Waals surface area contributed by atoms with Crippen molar-refractivity contribution in [2.75, 3.05) is 14.1 Å². The Morgan fingerprint density at radius 2 is 2.00 bits per heavy atom. The summed E-state index contributed by atoms with van der Waals surface area (Å²) in [6.45, 7) is 5.69. The zero-order chi connectivity index (χ0) is 6.57.